The fraction of sp³-hybridized carbons (Fsp3) is 0.907. The minimum absolute atomic E-state index is 0.0637. The molecule has 3 N–H and O–H groups in total. The van der Waals surface area contributed by atoms with Crippen LogP contribution >= 0.6 is 7.82 Å². The summed E-state index contributed by atoms with van der Waals surface area (Å²) in [4.78, 5) is 23.5. The predicted octanol–water partition coefficient (Wildman–Crippen LogP) is 24.0. The highest BCUT2D eigenvalue weighted by Gasteiger charge is 2.28. The second kappa shape index (κ2) is 66.1. The zero-order valence-electron chi connectivity index (χ0n) is 57.2. The van der Waals surface area contributed by atoms with Gasteiger partial charge in [-0.3, -0.25) is 13.8 Å². The number of unbranched alkanes of at least 4 members (excludes halogenated alkanes) is 53. The molecule has 3 atom stereocenters. The molecule has 0 aliphatic heterocycles. The fourth-order valence-corrected chi connectivity index (χ4v) is 12.3. The molecule has 0 bridgehead atoms. The second-order valence-electron chi connectivity index (χ2n) is 27.0. The first-order valence-electron chi connectivity index (χ1n) is 37.4. The Hall–Kier alpha value is -1.28. The van der Waals surface area contributed by atoms with Crippen molar-refractivity contribution in [2.45, 2.75) is 398 Å². The van der Waals surface area contributed by atoms with Gasteiger partial charge in [0.2, 0.25) is 5.91 Å². The van der Waals surface area contributed by atoms with Crippen LogP contribution in [0.15, 0.2) is 36.5 Å². The smallest absolute Gasteiger partial charge is 0.387 e. The SMILES string of the molecule is CCCCCCC/C=C\C/C=C\CCCCCCCCCCCCCCCCCCCCCC(=O)NC(COP(=O)(O)OCC[N+](C)(C)C)C(O)/C=C/CCCCCCCCCCCCCCCCCCCCCCCCCCCCCCC. The summed E-state index contributed by atoms with van der Waals surface area (Å²) < 4.78 is 23.9. The van der Waals surface area contributed by atoms with E-state index in [9.17, 15) is 19.4 Å². The van der Waals surface area contributed by atoms with Crippen LogP contribution in [0.5, 0.6) is 0 Å². The van der Waals surface area contributed by atoms with Gasteiger partial charge in [0.25, 0.3) is 0 Å². The van der Waals surface area contributed by atoms with Gasteiger partial charge in [0, 0.05) is 6.42 Å². The molecule has 0 heterocycles. The van der Waals surface area contributed by atoms with Gasteiger partial charge in [-0.15, -0.1) is 0 Å². The van der Waals surface area contributed by atoms with Gasteiger partial charge in [0.1, 0.15) is 13.2 Å². The van der Waals surface area contributed by atoms with E-state index in [0.29, 0.717) is 17.4 Å². The van der Waals surface area contributed by atoms with E-state index in [-0.39, 0.29) is 19.1 Å². The van der Waals surface area contributed by atoms with Gasteiger partial charge in [0.05, 0.1) is 39.9 Å². The molecular formula is C75H148N2O6P+. The first-order valence-corrected chi connectivity index (χ1v) is 38.9. The second-order valence-corrected chi connectivity index (χ2v) is 28.5. The number of nitrogens with zero attached hydrogens (tertiary/aromatic N) is 1. The Morgan fingerprint density at radius 1 is 0.405 bits per heavy atom. The van der Waals surface area contributed by atoms with Crippen molar-refractivity contribution in [2.75, 3.05) is 40.9 Å². The number of quaternary nitrogens is 1. The molecule has 1 amide bonds. The summed E-state index contributed by atoms with van der Waals surface area (Å²) in [5, 5.41) is 14.0. The third-order valence-corrected chi connectivity index (χ3v) is 18.3. The summed E-state index contributed by atoms with van der Waals surface area (Å²) in [5.74, 6) is -0.169. The number of likely N-dealkylation sites (N-methyl/N-ethyl adjacent to an activating group) is 1. The Labute approximate surface area is 525 Å². The maximum absolute atomic E-state index is 13.1. The lowest BCUT2D eigenvalue weighted by Crippen LogP contribution is -2.45. The average molecular weight is 1200 g/mol. The molecule has 0 aliphatic rings. The highest BCUT2D eigenvalue weighted by atomic mass is 31.2. The molecule has 498 valence electrons. The predicted molar refractivity (Wildman–Crippen MR) is 369 cm³/mol. The number of aliphatic hydroxyl groups is 1. The van der Waals surface area contributed by atoms with Gasteiger partial charge >= 0.3 is 7.82 Å². The molecule has 84 heavy (non-hydrogen) atoms. The topological polar surface area (TPSA) is 105 Å². The van der Waals surface area contributed by atoms with Crippen LogP contribution < -0.4 is 5.32 Å². The molecule has 0 aromatic heterocycles. The van der Waals surface area contributed by atoms with Crippen molar-refractivity contribution in [1.82, 2.24) is 5.32 Å². The van der Waals surface area contributed by atoms with E-state index in [4.69, 9.17) is 9.05 Å². The molecule has 0 saturated heterocycles. The molecule has 0 spiro atoms. The van der Waals surface area contributed by atoms with Crippen LogP contribution in [0.4, 0.5) is 0 Å². The Kier molecular flexibility index (Phi) is 65.1. The van der Waals surface area contributed by atoms with Gasteiger partial charge in [-0.05, 0) is 51.4 Å². The van der Waals surface area contributed by atoms with E-state index >= 15 is 0 Å². The summed E-state index contributed by atoms with van der Waals surface area (Å²) in [6, 6.07) is -0.847. The van der Waals surface area contributed by atoms with Crippen molar-refractivity contribution >= 4 is 13.7 Å². The number of carbonyl (C=O) groups is 1. The molecule has 0 aromatic rings. The molecule has 0 fully saturated rings. The Morgan fingerprint density at radius 3 is 0.976 bits per heavy atom. The summed E-state index contributed by atoms with van der Waals surface area (Å²) >= 11 is 0. The van der Waals surface area contributed by atoms with Crippen LogP contribution in [0.2, 0.25) is 0 Å². The third kappa shape index (κ3) is 68.2. The number of phosphoric ester groups is 1. The molecule has 3 unspecified atom stereocenters. The van der Waals surface area contributed by atoms with Crippen LogP contribution in [0, 0.1) is 0 Å². The van der Waals surface area contributed by atoms with Crippen LogP contribution in [0.25, 0.3) is 0 Å². The normalized spacial score (nSPS) is 13.8. The summed E-state index contributed by atoms with van der Waals surface area (Å²) in [5.41, 5.74) is 0. The molecule has 0 saturated carbocycles. The number of rotatable bonds is 70. The van der Waals surface area contributed by atoms with Crippen LogP contribution in [-0.4, -0.2) is 73.4 Å². The highest BCUT2D eigenvalue weighted by molar-refractivity contribution is 7.47. The molecule has 0 radical (unpaired) electrons. The van der Waals surface area contributed by atoms with Crippen molar-refractivity contribution < 1.29 is 32.9 Å². The minimum atomic E-state index is -4.35. The zero-order chi connectivity index (χ0) is 61.2. The van der Waals surface area contributed by atoms with Crippen molar-refractivity contribution in [3.8, 4) is 0 Å². The van der Waals surface area contributed by atoms with Gasteiger partial charge in [-0.1, -0.05) is 365 Å². The molecule has 0 aromatic carbocycles. The number of amides is 1. The van der Waals surface area contributed by atoms with E-state index in [1.54, 1.807) is 6.08 Å². The van der Waals surface area contributed by atoms with E-state index in [0.717, 1.165) is 38.5 Å². The standard InChI is InChI=1S/C75H147N2O6P/c1-6-8-10-12-14-16-18-20-22-24-26-28-30-32-34-36-38-40-42-44-46-48-50-52-54-56-58-60-62-64-66-68-74(78)73(72-83-84(80,81)82-71-70-77(3,4)5)76-75(79)69-67-65-63-61-59-57-55-53-51-49-47-45-43-41-39-37-35-33-31-29-27-25-23-21-19-17-15-13-11-9-7-2/h19,21,25,27,66,68,73-74,78H,6-18,20,22-24,26,28-65,67,69-72H2,1-5H3,(H-,76,79,80,81)/p+1/b21-19-,27-25-,68-66+. The first-order chi connectivity index (χ1) is 41.0. The van der Waals surface area contributed by atoms with Gasteiger partial charge in [-0.25, -0.2) is 4.57 Å². The number of carbonyl (C=O) groups excluding carboxylic acids is 1. The quantitative estimate of drug-likeness (QED) is 0.0243. The van der Waals surface area contributed by atoms with Crippen molar-refractivity contribution in [2.24, 2.45) is 0 Å². The summed E-state index contributed by atoms with van der Waals surface area (Å²) in [6.07, 6.45) is 88.8. The summed E-state index contributed by atoms with van der Waals surface area (Å²) in [7, 11) is 1.59. The van der Waals surface area contributed by atoms with Crippen molar-refractivity contribution in [3.63, 3.8) is 0 Å². The number of aliphatic hydroxyl groups excluding tert-OH is 1. The number of hydrogen-bond donors (Lipinski definition) is 3. The van der Waals surface area contributed by atoms with Crippen molar-refractivity contribution in [3.05, 3.63) is 36.5 Å². The monoisotopic (exact) mass is 1200 g/mol. The maximum Gasteiger partial charge on any atom is 0.472 e. The van der Waals surface area contributed by atoms with E-state index < -0.39 is 20.0 Å². The number of allylic oxidation sites excluding steroid dienone is 5. The largest absolute Gasteiger partial charge is 0.472 e. The Bertz CT molecular complexity index is 1460. The van der Waals surface area contributed by atoms with E-state index in [2.05, 4.69) is 43.5 Å². The van der Waals surface area contributed by atoms with E-state index in [1.165, 1.54) is 327 Å². The number of phosphoric acid groups is 1. The summed E-state index contributed by atoms with van der Waals surface area (Å²) in [6.45, 7) is 4.87. The number of hydrogen-bond acceptors (Lipinski definition) is 5. The van der Waals surface area contributed by atoms with Gasteiger partial charge in [0.15, 0.2) is 0 Å². The average Bonchev–Trinajstić information content (AvgIpc) is 3.56. The molecular weight excluding hydrogens is 1060 g/mol. The fourth-order valence-electron chi connectivity index (χ4n) is 11.5. The van der Waals surface area contributed by atoms with E-state index in [1.807, 2.05) is 27.2 Å². The Morgan fingerprint density at radius 2 is 0.679 bits per heavy atom. The lowest BCUT2D eigenvalue weighted by molar-refractivity contribution is -0.870. The third-order valence-electron chi connectivity index (χ3n) is 17.4. The number of nitrogens with one attached hydrogen (secondary N) is 1. The Balaban J connectivity index is 4.00. The van der Waals surface area contributed by atoms with Crippen molar-refractivity contribution in [1.29, 1.82) is 0 Å². The lowest BCUT2D eigenvalue weighted by atomic mass is 10.0. The molecule has 9 heteroatoms. The van der Waals surface area contributed by atoms with Crippen LogP contribution in [0.1, 0.15) is 386 Å². The van der Waals surface area contributed by atoms with Crippen LogP contribution in [-0.2, 0) is 18.4 Å². The maximum atomic E-state index is 13.1. The molecule has 0 aliphatic carbocycles. The zero-order valence-corrected chi connectivity index (χ0v) is 58.1. The molecule has 8 nitrogen and oxygen atoms in total. The van der Waals surface area contributed by atoms with Gasteiger partial charge < -0.3 is 19.8 Å². The highest BCUT2D eigenvalue weighted by Crippen LogP contribution is 2.43. The molecule has 0 rings (SSSR count). The first kappa shape index (κ1) is 82.7. The lowest BCUT2D eigenvalue weighted by Gasteiger charge is -2.25. The van der Waals surface area contributed by atoms with Crippen LogP contribution in [0.3, 0.4) is 0 Å². The van der Waals surface area contributed by atoms with Gasteiger partial charge in [-0.2, -0.15) is 0 Å². The minimum Gasteiger partial charge on any atom is -0.387 e.